The van der Waals surface area contributed by atoms with E-state index in [1.54, 1.807) is 6.92 Å². The second kappa shape index (κ2) is 11.3. The molecule has 0 aromatic heterocycles. The minimum Gasteiger partial charge on any atom is -0.481 e. The van der Waals surface area contributed by atoms with Crippen LogP contribution in [0.15, 0.2) is 30.3 Å². The zero-order valence-electron chi connectivity index (χ0n) is 16.4. The molecule has 2 atom stereocenters. The summed E-state index contributed by atoms with van der Waals surface area (Å²) in [5.41, 5.74) is 0.760. The number of rotatable bonds is 9. The summed E-state index contributed by atoms with van der Waals surface area (Å²) < 4.78 is 0. The Balaban J connectivity index is 1.73. The summed E-state index contributed by atoms with van der Waals surface area (Å²) in [7, 11) is 0. The van der Waals surface area contributed by atoms with Gasteiger partial charge in [-0.2, -0.15) is 0 Å². The standard InChI is InChI=1S/C21H31N3O4/c1-15(20(26)27)19(16-9-4-2-5-10-16)24-18(25)13-8-14-22-21(28)23-17-11-6-3-7-12-17/h2,4-5,9-10,15,17,19H,3,6-8,11-14H2,1H3,(H,24,25)(H,26,27)(H2,22,23,28). The monoisotopic (exact) mass is 389 g/mol. The van der Waals surface area contributed by atoms with Gasteiger partial charge in [-0.3, -0.25) is 9.59 Å². The number of amides is 3. The van der Waals surface area contributed by atoms with Crippen molar-refractivity contribution in [3.05, 3.63) is 35.9 Å². The van der Waals surface area contributed by atoms with Crippen molar-refractivity contribution in [3.8, 4) is 0 Å². The van der Waals surface area contributed by atoms with E-state index in [-0.39, 0.29) is 24.4 Å². The third-order valence-electron chi connectivity index (χ3n) is 5.17. The molecule has 1 aromatic rings. The lowest BCUT2D eigenvalue weighted by molar-refractivity contribution is -0.142. The van der Waals surface area contributed by atoms with Crippen LogP contribution in [0.2, 0.25) is 0 Å². The molecule has 1 fully saturated rings. The van der Waals surface area contributed by atoms with Gasteiger partial charge in [0.25, 0.3) is 0 Å². The second-order valence-electron chi connectivity index (χ2n) is 7.42. The van der Waals surface area contributed by atoms with Crippen LogP contribution in [0.3, 0.4) is 0 Å². The van der Waals surface area contributed by atoms with Crippen LogP contribution >= 0.6 is 0 Å². The molecule has 4 N–H and O–H groups in total. The van der Waals surface area contributed by atoms with Gasteiger partial charge in [0.15, 0.2) is 0 Å². The van der Waals surface area contributed by atoms with Gasteiger partial charge in [0.05, 0.1) is 12.0 Å². The van der Waals surface area contributed by atoms with E-state index in [1.807, 2.05) is 30.3 Å². The molecule has 1 aliphatic carbocycles. The summed E-state index contributed by atoms with van der Waals surface area (Å²) in [5.74, 6) is -1.93. The maximum Gasteiger partial charge on any atom is 0.315 e. The molecular weight excluding hydrogens is 358 g/mol. The smallest absolute Gasteiger partial charge is 0.315 e. The summed E-state index contributed by atoms with van der Waals surface area (Å²) in [5, 5.41) is 17.9. The van der Waals surface area contributed by atoms with Gasteiger partial charge in [-0.15, -0.1) is 0 Å². The van der Waals surface area contributed by atoms with Crippen molar-refractivity contribution < 1.29 is 19.5 Å². The van der Waals surface area contributed by atoms with Crippen molar-refractivity contribution in [2.24, 2.45) is 5.92 Å². The third-order valence-corrected chi connectivity index (χ3v) is 5.17. The first-order valence-corrected chi connectivity index (χ1v) is 10.1. The minimum absolute atomic E-state index is 0.186. The molecule has 3 amide bonds. The van der Waals surface area contributed by atoms with Crippen molar-refractivity contribution in [2.45, 2.75) is 64.0 Å². The highest BCUT2D eigenvalue weighted by Crippen LogP contribution is 2.22. The van der Waals surface area contributed by atoms with Gasteiger partial charge in [-0.1, -0.05) is 49.6 Å². The first-order valence-electron chi connectivity index (χ1n) is 10.1. The normalized spacial score (nSPS) is 16.6. The Morgan fingerprint density at radius 2 is 1.79 bits per heavy atom. The molecule has 0 aliphatic heterocycles. The molecule has 2 unspecified atom stereocenters. The number of carboxylic acids is 1. The van der Waals surface area contributed by atoms with E-state index >= 15 is 0 Å². The van der Waals surface area contributed by atoms with Crippen LogP contribution in [0, 0.1) is 5.92 Å². The summed E-state index contributed by atoms with van der Waals surface area (Å²) in [6, 6.07) is 8.57. The van der Waals surface area contributed by atoms with E-state index in [2.05, 4.69) is 16.0 Å². The van der Waals surface area contributed by atoms with Crippen molar-refractivity contribution >= 4 is 17.9 Å². The Morgan fingerprint density at radius 1 is 1.11 bits per heavy atom. The molecule has 28 heavy (non-hydrogen) atoms. The van der Waals surface area contributed by atoms with Gasteiger partial charge in [-0.05, 0) is 31.7 Å². The molecule has 7 nitrogen and oxygen atoms in total. The predicted octanol–water partition coefficient (Wildman–Crippen LogP) is 2.98. The van der Waals surface area contributed by atoms with Gasteiger partial charge < -0.3 is 21.1 Å². The van der Waals surface area contributed by atoms with Gasteiger partial charge >= 0.3 is 12.0 Å². The largest absolute Gasteiger partial charge is 0.481 e. The van der Waals surface area contributed by atoms with Crippen LogP contribution in [0.4, 0.5) is 4.79 Å². The molecule has 0 saturated heterocycles. The summed E-state index contributed by atoms with van der Waals surface area (Å²) in [4.78, 5) is 35.6. The van der Waals surface area contributed by atoms with Crippen LogP contribution in [0.25, 0.3) is 0 Å². The number of benzene rings is 1. The molecule has 0 spiro atoms. The Hall–Kier alpha value is -2.57. The van der Waals surface area contributed by atoms with Crippen LogP contribution in [-0.2, 0) is 9.59 Å². The fourth-order valence-electron chi connectivity index (χ4n) is 3.48. The number of hydrogen-bond acceptors (Lipinski definition) is 3. The van der Waals surface area contributed by atoms with Crippen molar-refractivity contribution in [1.29, 1.82) is 0 Å². The van der Waals surface area contributed by atoms with E-state index in [9.17, 15) is 19.5 Å². The van der Waals surface area contributed by atoms with E-state index in [4.69, 9.17) is 0 Å². The lowest BCUT2D eigenvalue weighted by atomic mass is 9.94. The van der Waals surface area contributed by atoms with Crippen molar-refractivity contribution in [1.82, 2.24) is 16.0 Å². The second-order valence-corrected chi connectivity index (χ2v) is 7.42. The fraction of sp³-hybridized carbons (Fsp3) is 0.571. The molecule has 2 rings (SSSR count). The zero-order valence-corrected chi connectivity index (χ0v) is 16.4. The van der Waals surface area contributed by atoms with Crippen molar-refractivity contribution in [3.63, 3.8) is 0 Å². The molecule has 0 radical (unpaired) electrons. The number of carboxylic acid groups (broad SMARTS) is 1. The lowest BCUT2D eigenvalue weighted by Crippen LogP contribution is -2.43. The average Bonchev–Trinajstić information content (AvgIpc) is 2.70. The van der Waals surface area contributed by atoms with E-state index in [1.165, 1.54) is 6.42 Å². The van der Waals surface area contributed by atoms with Gasteiger partial charge in [0, 0.05) is 19.0 Å². The molecule has 1 aliphatic rings. The lowest BCUT2D eigenvalue weighted by Gasteiger charge is -2.23. The first-order chi connectivity index (χ1) is 13.5. The average molecular weight is 389 g/mol. The van der Waals surface area contributed by atoms with Crippen LogP contribution in [-0.4, -0.2) is 35.6 Å². The molecule has 1 aromatic carbocycles. The highest BCUT2D eigenvalue weighted by atomic mass is 16.4. The number of carbonyl (C=O) groups excluding carboxylic acids is 2. The Kier molecular flexibility index (Phi) is 8.78. The maximum absolute atomic E-state index is 12.3. The van der Waals surface area contributed by atoms with E-state index in [0.717, 1.165) is 31.2 Å². The molecule has 7 heteroatoms. The Bertz CT molecular complexity index is 644. The van der Waals surface area contributed by atoms with Crippen LogP contribution < -0.4 is 16.0 Å². The number of carbonyl (C=O) groups is 3. The quantitative estimate of drug-likeness (QED) is 0.487. The number of urea groups is 1. The predicted molar refractivity (Wildman–Crippen MR) is 107 cm³/mol. The summed E-state index contributed by atoms with van der Waals surface area (Å²) in [6.07, 6.45) is 6.31. The zero-order chi connectivity index (χ0) is 20.4. The molecule has 0 bridgehead atoms. The summed E-state index contributed by atoms with van der Waals surface area (Å²) in [6.45, 7) is 1.98. The minimum atomic E-state index is -0.963. The molecule has 154 valence electrons. The number of aliphatic carboxylic acids is 1. The van der Waals surface area contributed by atoms with E-state index < -0.39 is 17.9 Å². The van der Waals surface area contributed by atoms with Gasteiger partial charge in [-0.25, -0.2) is 4.79 Å². The molecule has 0 heterocycles. The van der Waals surface area contributed by atoms with E-state index in [0.29, 0.717) is 13.0 Å². The number of nitrogens with one attached hydrogen (secondary N) is 3. The first kappa shape index (κ1) is 21.7. The topological polar surface area (TPSA) is 108 Å². The van der Waals surface area contributed by atoms with Crippen LogP contribution in [0.1, 0.15) is 63.5 Å². The Morgan fingerprint density at radius 3 is 2.43 bits per heavy atom. The Labute approximate surface area is 166 Å². The maximum atomic E-state index is 12.3. The van der Waals surface area contributed by atoms with Crippen molar-refractivity contribution in [2.75, 3.05) is 6.54 Å². The molecular formula is C21H31N3O4. The van der Waals surface area contributed by atoms with Gasteiger partial charge in [0.1, 0.15) is 0 Å². The van der Waals surface area contributed by atoms with Gasteiger partial charge in [0.2, 0.25) is 5.91 Å². The third kappa shape index (κ3) is 7.21. The SMILES string of the molecule is CC(C(=O)O)C(NC(=O)CCCNC(=O)NC1CCCCC1)c1ccccc1. The highest BCUT2D eigenvalue weighted by Gasteiger charge is 2.26. The fourth-order valence-corrected chi connectivity index (χ4v) is 3.48. The molecule has 1 saturated carbocycles. The highest BCUT2D eigenvalue weighted by molar-refractivity contribution is 5.78. The van der Waals surface area contributed by atoms with Crippen LogP contribution in [0.5, 0.6) is 0 Å². The number of hydrogen-bond donors (Lipinski definition) is 4. The summed E-state index contributed by atoms with van der Waals surface area (Å²) >= 11 is 0.